The summed E-state index contributed by atoms with van der Waals surface area (Å²) in [5.41, 5.74) is 1.40. The molecule has 33 heavy (non-hydrogen) atoms. The topological polar surface area (TPSA) is 73.0 Å². The second kappa shape index (κ2) is 10.6. The predicted octanol–water partition coefficient (Wildman–Crippen LogP) is 2.55. The molecule has 1 amide bonds. The lowest BCUT2D eigenvalue weighted by atomic mass is 10.2. The van der Waals surface area contributed by atoms with Crippen molar-refractivity contribution in [3.63, 3.8) is 0 Å². The van der Waals surface area contributed by atoms with Crippen LogP contribution in [0.15, 0.2) is 53.4 Å². The zero-order valence-corrected chi connectivity index (χ0v) is 19.6. The van der Waals surface area contributed by atoms with E-state index in [0.29, 0.717) is 19.6 Å². The average molecular weight is 475 g/mol. The number of hydrogen-bond acceptors (Lipinski definition) is 5. The van der Waals surface area contributed by atoms with E-state index in [4.69, 9.17) is 0 Å². The predicted molar refractivity (Wildman–Crippen MR) is 126 cm³/mol. The van der Waals surface area contributed by atoms with E-state index in [0.717, 1.165) is 64.1 Å². The van der Waals surface area contributed by atoms with E-state index in [9.17, 15) is 17.6 Å². The Hall–Kier alpha value is -2.49. The Bertz CT molecular complexity index is 1050. The molecular formula is C24H31FN4O3S. The van der Waals surface area contributed by atoms with Crippen LogP contribution in [-0.2, 0) is 10.0 Å². The average Bonchev–Trinajstić information content (AvgIpc) is 3.39. The molecule has 2 aromatic carbocycles. The third-order valence-corrected chi connectivity index (χ3v) is 8.22. The van der Waals surface area contributed by atoms with E-state index < -0.39 is 20.7 Å². The Kier molecular flexibility index (Phi) is 7.62. The second-order valence-corrected chi connectivity index (χ2v) is 10.4. The van der Waals surface area contributed by atoms with Gasteiger partial charge in [0.1, 0.15) is 10.7 Å². The molecule has 0 aliphatic carbocycles. The van der Waals surface area contributed by atoms with Crippen LogP contribution in [0.5, 0.6) is 0 Å². The first-order valence-corrected chi connectivity index (χ1v) is 13.0. The van der Waals surface area contributed by atoms with E-state index in [1.165, 1.54) is 16.1 Å². The number of carbonyl (C=O) groups excluding carboxylic acids is 1. The summed E-state index contributed by atoms with van der Waals surface area (Å²) in [6, 6.07) is 13.9. The molecule has 2 heterocycles. The molecule has 0 saturated carbocycles. The molecule has 0 spiro atoms. The van der Waals surface area contributed by atoms with Gasteiger partial charge in [0.05, 0.1) is 0 Å². The van der Waals surface area contributed by atoms with E-state index in [-0.39, 0.29) is 11.5 Å². The van der Waals surface area contributed by atoms with Crippen molar-refractivity contribution in [1.29, 1.82) is 0 Å². The molecule has 1 N–H and O–H groups in total. The quantitative estimate of drug-likeness (QED) is 0.596. The molecule has 2 aromatic rings. The van der Waals surface area contributed by atoms with Crippen LogP contribution in [0.4, 0.5) is 10.1 Å². The van der Waals surface area contributed by atoms with Gasteiger partial charge in [0, 0.05) is 57.1 Å². The van der Waals surface area contributed by atoms with Gasteiger partial charge in [-0.3, -0.25) is 9.69 Å². The molecule has 0 aromatic heterocycles. The number of carbonyl (C=O) groups is 1. The Morgan fingerprint density at radius 1 is 0.939 bits per heavy atom. The van der Waals surface area contributed by atoms with Crippen LogP contribution in [0.25, 0.3) is 0 Å². The van der Waals surface area contributed by atoms with Crippen molar-refractivity contribution in [3.05, 3.63) is 59.9 Å². The maximum atomic E-state index is 14.3. The fourth-order valence-corrected chi connectivity index (χ4v) is 5.99. The maximum absolute atomic E-state index is 14.3. The summed E-state index contributed by atoms with van der Waals surface area (Å²) in [5, 5.41) is 2.83. The van der Waals surface area contributed by atoms with E-state index >= 15 is 0 Å². The Morgan fingerprint density at radius 3 is 2.33 bits per heavy atom. The normalized spacial score (nSPS) is 17.9. The number of amides is 1. The summed E-state index contributed by atoms with van der Waals surface area (Å²) >= 11 is 0. The molecule has 2 fully saturated rings. The van der Waals surface area contributed by atoms with Gasteiger partial charge in [-0.05, 0) is 56.1 Å². The van der Waals surface area contributed by atoms with Gasteiger partial charge >= 0.3 is 0 Å². The summed E-state index contributed by atoms with van der Waals surface area (Å²) in [6.07, 6.45) is 2.32. The minimum Gasteiger partial charge on any atom is -0.369 e. The summed E-state index contributed by atoms with van der Waals surface area (Å²) in [7, 11) is -3.92. The zero-order chi connectivity index (χ0) is 23.3. The Balaban J connectivity index is 1.24. The highest BCUT2D eigenvalue weighted by atomic mass is 32.2. The number of nitrogens with zero attached hydrogens (tertiary/aromatic N) is 3. The highest BCUT2D eigenvalue weighted by molar-refractivity contribution is 7.89. The highest BCUT2D eigenvalue weighted by Gasteiger charge is 2.30. The number of halogens is 1. The molecule has 4 rings (SSSR count). The van der Waals surface area contributed by atoms with E-state index in [2.05, 4.69) is 39.4 Å². The van der Waals surface area contributed by atoms with Gasteiger partial charge in [0.25, 0.3) is 5.91 Å². The first kappa shape index (κ1) is 23.7. The Labute approximate surface area is 195 Å². The maximum Gasteiger partial charge on any atom is 0.251 e. The van der Waals surface area contributed by atoms with Crippen LogP contribution in [-0.4, -0.2) is 75.9 Å². The molecule has 2 aliphatic heterocycles. The number of sulfonamides is 1. The highest BCUT2D eigenvalue weighted by Crippen LogP contribution is 2.24. The molecule has 9 heteroatoms. The lowest BCUT2D eigenvalue weighted by molar-refractivity contribution is 0.0951. The number of rotatable bonds is 8. The van der Waals surface area contributed by atoms with Crippen molar-refractivity contribution in [3.8, 4) is 0 Å². The fourth-order valence-electron chi connectivity index (χ4n) is 4.38. The summed E-state index contributed by atoms with van der Waals surface area (Å²) in [4.78, 5) is 16.9. The van der Waals surface area contributed by atoms with Crippen LogP contribution in [0.3, 0.4) is 0 Å². The van der Waals surface area contributed by atoms with Gasteiger partial charge in [-0.1, -0.05) is 18.2 Å². The standard InChI is InChI=1S/C24H31FN4O3S/c25-22-10-9-20(19-23(22)33(31,32)29-13-4-5-14-29)24(30)26-11-6-12-27-15-17-28(18-16-27)21-7-2-1-3-8-21/h1-3,7-10,19H,4-6,11-18H2,(H,26,30). The monoisotopic (exact) mass is 474 g/mol. The van der Waals surface area contributed by atoms with Crippen molar-refractivity contribution >= 4 is 21.6 Å². The van der Waals surface area contributed by atoms with Gasteiger partial charge in [-0.25, -0.2) is 12.8 Å². The van der Waals surface area contributed by atoms with Gasteiger partial charge in [0.15, 0.2) is 0 Å². The first-order chi connectivity index (χ1) is 15.9. The van der Waals surface area contributed by atoms with E-state index in [1.54, 1.807) is 0 Å². The summed E-state index contributed by atoms with van der Waals surface area (Å²) in [6.45, 7) is 6.01. The van der Waals surface area contributed by atoms with Crippen molar-refractivity contribution in [1.82, 2.24) is 14.5 Å². The number of piperazine rings is 1. The van der Waals surface area contributed by atoms with Crippen molar-refractivity contribution in [2.45, 2.75) is 24.2 Å². The lowest BCUT2D eigenvalue weighted by Gasteiger charge is -2.36. The van der Waals surface area contributed by atoms with Crippen molar-refractivity contribution < 1.29 is 17.6 Å². The third kappa shape index (κ3) is 5.72. The lowest BCUT2D eigenvalue weighted by Crippen LogP contribution is -2.47. The molecule has 7 nitrogen and oxygen atoms in total. The number of hydrogen-bond donors (Lipinski definition) is 1. The van der Waals surface area contributed by atoms with Crippen molar-refractivity contribution in [2.24, 2.45) is 0 Å². The molecule has 0 radical (unpaired) electrons. The number of nitrogens with one attached hydrogen (secondary N) is 1. The van der Waals surface area contributed by atoms with Gasteiger partial charge in [-0.15, -0.1) is 0 Å². The van der Waals surface area contributed by atoms with Crippen LogP contribution in [0.1, 0.15) is 29.6 Å². The number of anilines is 1. The molecule has 0 bridgehead atoms. The van der Waals surface area contributed by atoms with Crippen molar-refractivity contribution in [2.75, 3.05) is 57.3 Å². The van der Waals surface area contributed by atoms with Gasteiger partial charge in [-0.2, -0.15) is 4.31 Å². The van der Waals surface area contributed by atoms with Crippen LogP contribution in [0.2, 0.25) is 0 Å². The van der Waals surface area contributed by atoms with E-state index in [1.807, 2.05) is 6.07 Å². The minimum absolute atomic E-state index is 0.158. The third-order valence-electron chi connectivity index (χ3n) is 6.31. The van der Waals surface area contributed by atoms with Crippen LogP contribution >= 0.6 is 0 Å². The smallest absolute Gasteiger partial charge is 0.251 e. The Morgan fingerprint density at radius 2 is 1.64 bits per heavy atom. The zero-order valence-electron chi connectivity index (χ0n) is 18.7. The summed E-state index contributed by atoms with van der Waals surface area (Å²) < 4.78 is 41.0. The molecule has 2 aliphatic rings. The molecule has 0 atom stereocenters. The number of para-hydroxylation sites is 1. The summed E-state index contributed by atoms with van der Waals surface area (Å²) in [5.74, 6) is -1.21. The largest absolute Gasteiger partial charge is 0.369 e. The SMILES string of the molecule is O=C(NCCCN1CCN(c2ccccc2)CC1)c1ccc(F)c(S(=O)(=O)N2CCCC2)c1. The van der Waals surface area contributed by atoms with Gasteiger partial charge in [0.2, 0.25) is 10.0 Å². The van der Waals surface area contributed by atoms with Crippen LogP contribution < -0.4 is 10.2 Å². The molecule has 0 unspecified atom stereocenters. The van der Waals surface area contributed by atoms with Gasteiger partial charge < -0.3 is 10.2 Å². The molecule has 2 saturated heterocycles. The van der Waals surface area contributed by atoms with Crippen LogP contribution in [0, 0.1) is 5.82 Å². The number of benzene rings is 2. The second-order valence-electron chi connectivity index (χ2n) is 8.53. The molecular weight excluding hydrogens is 443 g/mol. The first-order valence-electron chi connectivity index (χ1n) is 11.6. The molecule has 178 valence electrons. The fraction of sp³-hybridized carbons (Fsp3) is 0.458. The minimum atomic E-state index is -3.92.